The Balaban J connectivity index is 1.87. The van der Waals surface area contributed by atoms with Crippen LogP contribution >= 0.6 is 0 Å². The van der Waals surface area contributed by atoms with E-state index >= 15 is 0 Å². The number of benzene rings is 2. The smallest absolute Gasteiger partial charge is 0.315 e. The van der Waals surface area contributed by atoms with Crippen LogP contribution in [0, 0.1) is 0 Å². The number of carbonyl (C=O) groups is 2. The van der Waals surface area contributed by atoms with Crippen LogP contribution in [-0.4, -0.2) is 59.3 Å². The van der Waals surface area contributed by atoms with Gasteiger partial charge in [-0.05, 0) is 61.5 Å². The summed E-state index contributed by atoms with van der Waals surface area (Å²) in [6.45, 7) is 5.96. The summed E-state index contributed by atoms with van der Waals surface area (Å²) in [4.78, 5) is 28.1. The molecule has 0 saturated carbocycles. The Labute approximate surface area is 205 Å². The van der Waals surface area contributed by atoms with Crippen molar-refractivity contribution < 1.29 is 37.7 Å². The summed E-state index contributed by atoms with van der Waals surface area (Å²) in [7, 11) is 2.43. The van der Waals surface area contributed by atoms with Crippen LogP contribution in [0.5, 0.6) is 28.7 Å². The van der Waals surface area contributed by atoms with Gasteiger partial charge in [-0.3, -0.25) is 9.59 Å². The lowest BCUT2D eigenvalue weighted by molar-refractivity contribution is -0.145. The van der Waals surface area contributed by atoms with Gasteiger partial charge in [0.05, 0.1) is 27.4 Å². The molecule has 2 heterocycles. The monoisotopic (exact) mass is 501 g/mol. The minimum atomic E-state index is -2.17. The van der Waals surface area contributed by atoms with Crippen LogP contribution in [0.15, 0.2) is 30.3 Å². The molecule has 2 aromatic rings. The lowest BCUT2D eigenvalue weighted by Crippen LogP contribution is -2.45. The normalized spacial score (nSPS) is 17.8. The van der Waals surface area contributed by atoms with Crippen LogP contribution in [0.4, 0.5) is 0 Å². The maximum Gasteiger partial charge on any atom is 0.315 e. The third-order valence-electron chi connectivity index (χ3n) is 5.93. The SMILES string of the molecule is COc1cc([C@H](c2ccc3c(c2)OCO3)N2C(=O)CC[C@@H]2C(=O)O[Si](C)(C)C)cc(OC)c1OC. The number of methoxy groups -OCH3 is 3. The van der Waals surface area contributed by atoms with Crippen molar-refractivity contribution in [1.29, 1.82) is 0 Å². The molecular weight excluding hydrogens is 470 g/mol. The van der Waals surface area contributed by atoms with Crippen LogP contribution < -0.4 is 23.7 Å². The topological polar surface area (TPSA) is 92.8 Å². The first-order valence-electron chi connectivity index (χ1n) is 11.4. The van der Waals surface area contributed by atoms with E-state index in [1.54, 1.807) is 23.1 Å². The van der Waals surface area contributed by atoms with Gasteiger partial charge in [0, 0.05) is 6.42 Å². The highest BCUT2D eigenvalue weighted by molar-refractivity contribution is 6.71. The Bertz CT molecular complexity index is 1100. The fraction of sp³-hybridized carbons (Fsp3) is 0.440. The molecule has 188 valence electrons. The minimum absolute atomic E-state index is 0.126. The third kappa shape index (κ3) is 4.88. The van der Waals surface area contributed by atoms with Crippen LogP contribution in [0.3, 0.4) is 0 Å². The Morgan fingerprint density at radius 2 is 1.63 bits per heavy atom. The Hall–Kier alpha value is -3.40. The molecule has 35 heavy (non-hydrogen) atoms. The second kappa shape index (κ2) is 9.69. The first-order chi connectivity index (χ1) is 16.7. The molecule has 0 unspecified atom stereocenters. The van der Waals surface area contributed by atoms with E-state index in [2.05, 4.69) is 0 Å². The maximum atomic E-state index is 13.3. The number of ether oxygens (including phenoxy) is 5. The van der Waals surface area contributed by atoms with Crippen molar-refractivity contribution in [3.05, 3.63) is 41.5 Å². The molecule has 2 atom stereocenters. The Kier molecular flexibility index (Phi) is 6.84. The van der Waals surface area contributed by atoms with Gasteiger partial charge in [-0.15, -0.1) is 0 Å². The lowest BCUT2D eigenvalue weighted by Gasteiger charge is -2.34. The standard InChI is InChI=1S/C25H31NO8Si/c1-29-20-12-16(13-21(30-2)24(20)31-3)23(15-7-9-18-19(11-15)33-14-32-18)26-17(8-10-22(26)27)25(28)34-35(4,5)6/h7,9,11-13,17,23H,8,10,14H2,1-6H3/t17-,23+/m1/s1. The van der Waals surface area contributed by atoms with Gasteiger partial charge in [-0.25, -0.2) is 0 Å². The van der Waals surface area contributed by atoms with E-state index in [0.29, 0.717) is 40.7 Å². The van der Waals surface area contributed by atoms with Crippen molar-refractivity contribution in [2.45, 2.75) is 44.6 Å². The van der Waals surface area contributed by atoms with Gasteiger partial charge in [0.1, 0.15) is 6.04 Å². The molecule has 0 N–H and O–H groups in total. The van der Waals surface area contributed by atoms with E-state index in [9.17, 15) is 9.59 Å². The molecule has 1 amide bonds. The van der Waals surface area contributed by atoms with Crippen molar-refractivity contribution in [3.8, 4) is 28.7 Å². The van der Waals surface area contributed by atoms with Crippen molar-refractivity contribution in [2.75, 3.05) is 28.1 Å². The van der Waals surface area contributed by atoms with Gasteiger partial charge < -0.3 is 33.0 Å². The van der Waals surface area contributed by atoms with Crippen LogP contribution in [0.1, 0.15) is 30.0 Å². The third-order valence-corrected chi connectivity index (χ3v) is 6.74. The number of nitrogens with zero attached hydrogens (tertiary/aromatic N) is 1. The number of amides is 1. The quantitative estimate of drug-likeness (QED) is 0.503. The van der Waals surface area contributed by atoms with E-state index in [1.165, 1.54) is 21.3 Å². The average molecular weight is 502 g/mol. The van der Waals surface area contributed by atoms with Crippen LogP contribution in [-0.2, 0) is 14.0 Å². The second-order valence-electron chi connectivity index (χ2n) is 9.36. The number of hydrogen-bond acceptors (Lipinski definition) is 8. The summed E-state index contributed by atoms with van der Waals surface area (Å²) in [5.74, 6) is 2.01. The van der Waals surface area contributed by atoms with E-state index < -0.39 is 20.4 Å². The van der Waals surface area contributed by atoms with E-state index in [1.807, 2.05) is 31.8 Å². The van der Waals surface area contributed by atoms with Gasteiger partial charge >= 0.3 is 5.97 Å². The molecule has 0 bridgehead atoms. The zero-order valence-corrected chi connectivity index (χ0v) is 21.9. The lowest BCUT2D eigenvalue weighted by atomic mass is 9.95. The van der Waals surface area contributed by atoms with Gasteiger partial charge in [-0.2, -0.15) is 0 Å². The van der Waals surface area contributed by atoms with E-state index in [4.69, 9.17) is 28.1 Å². The van der Waals surface area contributed by atoms with Crippen molar-refractivity contribution in [3.63, 3.8) is 0 Å². The summed E-state index contributed by atoms with van der Waals surface area (Å²) in [6, 6.07) is 7.75. The van der Waals surface area contributed by atoms with Gasteiger partial charge in [0.2, 0.25) is 26.8 Å². The van der Waals surface area contributed by atoms with E-state index in [-0.39, 0.29) is 25.1 Å². The zero-order valence-electron chi connectivity index (χ0n) is 20.9. The molecular formula is C25H31NO8Si. The number of fused-ring (bicyclic) bond motifs is 1. The molecule has 2 aliphatic heterocycles. The molecule has 0 aliphatic carbocycles. The molecule has 0 radical (unpaired) electrons. The van der Waals surface area contributed by atoms with Crippen LogP contribution in [0.25, 0.3) is 0 Å². The first kappa shape index (κ1) is 24.7. The number of hydrogen-bond donors (Lipinski definition) is 0. The molecule has 2 aromatic carbocycles. The van der Waals surface area contributed by atoms with Crippen LogP contribution in [0.2, 0.25) is 19.6 Å². The number of likely N-dealkylation sites (tertiary alicyclic amines) is 1. The highest BCUT2D eigenvalue weighted by atomic mass is 28.4. The second-order valence-corrected chi connectivity index (χ2v) is 13.8. The predicted molar refractivity (Wildman–Crippen MR) is 130 cm³/mol. The molecule has 1 saturated heterocycles. The average Bonchev–Trinajstić information content (AvgIpc) is 3.44. The number of carbonyl (C=O) groups excluding carboxylic acids is 2. The molecule has 0 spiro atoms. The highest BCUT2D eigenvalue weighted by Gasteiger charge is 2.44. The van der Waals surface area contributed by atoms with Gasteiger partial charge in [0.15, 0.2) is 23.0 Å². The van der Waals surface area contributed by atoms with Crippen molar-refractivity contribution >= 4 is 20.2 Å². The summed E-state index contributed by atoms with van der Waals surface area (Å²) in [6.07, 6.45) is 0.630. The van der Waals surface area contributed by atoms with Crippen molar-refractivity contribution in [1.82, 2.24) is 4.90 Å². The Morgan fingerprint density at radius 1 is 0.971 bits per heavy atom. The number of rotatable bonds is 8. The Morgan fingerprint density at radius 3 is 2.23 bits per heavy atom. The molecule has 0 aromatic heterocycles. The maximum absolute atomic E-state index is 13.3. The van der Waals surface area contributed by atoms with Crippen molar-refractivity contribution in [2.24, 2.45) is 0 Å². The predicted octanol–water partition coefficient (Wildman–Crippen LogP) is 3.90. The molecule has 1 fully saturated rings. The molecule has 10 heteroatoms. The minimum Gasteiger partial charge on any atom is -0.518 e. The zero-order chi connectivity index (χ0) is 25.3. The first-order valence-corrected chi connectivity index (χ1v) is 14.8. The summed E-state index contributed by atoms with van der Waals surface area (Å²) in [5, 5.41) is 0. The van der Waals surface area contributed by atoms with Gasteiger partial charge in [0.25, 0.3) is 0 Å². The molecule has 2 aliphatic rings. The van der Waals surface area contributed by atoms with Gasteiger partial charge in [-0.1, -0.05) is 6.07 Å². The summed E-state index contributed by atoms with van der Waals surface area (Å²) >= 11 is 0. The molecule has 9 nitrogen and oxygen atoms in total. The highest BCUT2D eigenvalue weighted by Crippen LogP contribution is 2.45. The van der Waals surface area contributed by atoms with E-state index in [0.717, 1.165) is 5.56 Å². The summed E-state index contributed by atoms with van der Waals surface area (Å²) in [5.41, 5.74) is 1.45. The molecule has 4 rings (SSSR count). The largest absolute Gasteiger partial charge is 0.518 e. The fourth-order valence-electron chi connectivity index (χ4n) is 4.48. The fourth-order valence-corrected chi connectivity index (χ4v) is 5.22. The summed E-state index contributed by atoms with van der Waals surface area (Å²) < 4.78 is 33.5.